The number of anilines is 2. The molecule has 0 bridgehead atoms. The Balaban J connectivity index is 0.000000202. The van der Waals surface area contributed by atoms with Crippen molar-refractivity contribution in [1.82, 2.24) is 35.5 Å². The Morgan fingerprint density at radius 2 is 1.48 bits per heavy atom. The summed E-state index contributed by atoms with van der Waals surface area (Å²) in [6.45, 7) is 14.2. The summed E-state index contributed by atoms with van der Waals surface area (Å²) in [5, 5.41) is 23.5. The summed E-state index contributed by atoms with van der Waals surface area (Å²) in [6, 6.07) is 14.3. The summed E-state index contributed by atoms with van der Waals surface area (Å²) < 4.78 is 49.8. The van der Waals surface area contributed by atoms with Gasteiger partial charge in [0, 0.05) is 42.4 Å². The van der Waals surface area contributed by atoms with Crippen molar-refractivity contribution < 1.29 is 37.1 Å². The summed E-state index contributed by atoms with van der Waals surface area (Å²) in [6.07, 6.45) is 7.76. The summed E-state index contributed by atoms with van der Waals surface area (Å²) >= 11 is 0. The lowest BCUT2D eigenvalue weighted by Gasteiger charge is -2.44. The minimum Gasteiger partial charge on any atom is -0.492 e. The molecule has 5 aromatic rings. The molecule has 7 rings (SSSR count). The summed E-state index contributed by atoms with van der Waals surface area (Å²) in [7, 11) is 0. The van der Waals surface area contributed by atoms with Crippen LogP contribution in [0.5, 0.6) is 0 Å². The number of ether oxygens (including phenoxy) is 3. The second-order valence-corrected chi connectivity index (χ2v) is 15.6. The average molecular weight is 826 g/mol. The zero-order valence-electron chi connectivity index (χ0n) is 34.4. The Kier molecular flexibility index (Phi) is 13.4. The Hall–Kier alpha value is -6.39. The van der Waals surface area contributed by atoms with E-state index in [9.17, 15) is 18.4 Å². The molecule has 1 amide bonds. The molecule has 0 atom stereocenters. The van der Waals surface area contributed by atoms with Crippen LogP contribution in [0.4, 0.5) is 25.2 Å². The van der Waals surface area contributed by atoms with Gasteiger partial charge in [0.2, 0.25) is 0 Å². The fourth-order valence-electron chi connectivity index (χ4n) is 6.97. The molecule has 0 unspecified atom stereocenters. The number of rotatable bonds is 14. The molecule has 5 aromatic heterocycles. The number of nitrogens with one attached hydrogen (secondary N) is 1. The number of hydrogen-bond acceptors (Lipinski definition) is 14. The first-order valence-electron chi connectivity index (χ1n) is 19.9. The number of esters is 1. The minimum absolute atomic E-state index is 0.0789. The van der Waals surface area contributed by atoms with Crippen molar-refractivity contribution in [2.24, 2.45) is 0 Å². The maximum absolute atomic E-state index is 14.6. The van der Waals surface area contributed by atoms with Crippen LogP contribution in [-0.2, 0) is 25.0 Å². The number of aromatic nitrogens is 7. The highest BCUT2D eigenvalue weighted by molar-refractivity contribution is 5.88. The molecule has 2 fully saturated rings. The number of carbonyl (C=O) groups is 2. The van der Waals surface area contributed by atoms with Crippen LogP contribution in [-0.4, -0.2) is 79.5 Å². The predicted octanol–water partition coefficient (Wildman–Crippen LogP) is 8.26. The Bertz CT molecular complexity index is 2260. The van der Waals surface area contributed by atoms with E-state index in [-0.39, 0.29) is 35.9 Å². The topological polar surface area (TPSA) is 180 Å². The van der Waals surface area contributed by atoms with Gasteiger partial charge in [0.25, 0.3) is 0 Å². The molecule has 15 nitrogen and oxygen atoms in total. The van der Waals surface area contributed by atoms with Crippen LogP contribution in [0.3, 0.4) is 0 Å². The first-order chi connectivity index (χ1) is 28.8. The molecule has 60 heavy (non-hydrogen) atoms. The number of nitrogens with zero attached hydrogens (tertiary/aromatic N) is 8. The van der Waals surface area contributed by atoms with Gasteiger partial charge in [0.15, 0.2) is 17.3 Å². The lowest BCUT2D eigenvalue weighted by Crippen LogP contribution is -2.50. The van der Waals surface area contributed by atoms with Crippen LogP contribution in [0, 0.1) is 11.6 Å². The molecule has 17 heteroatoms. The molecule has 0 saturated heterocycles. The van der Waals surface area contributed by atoms with Crippen LogP contribution in [0.25, 0.3) is 17.2 Å². The quantitative estimate of drug-likeness (QED) is 0.0835. The van der Waals surface area contributed by atoms with Crippen molar-refractivity contribution in [3.63, 3.8) is 0 Å². The van der Waals surface area contributed by atoms with Gasteiger partial charge in [-0.05, 0) is 109 Å². The Morgan fingerprint density at radius 3 is 2.00 bits per heavy atom. The Labute approximate surface area is 347 Å². The first kappa shape index (κ1) is 43.2. The lowest BCUT2D eigenvalue weighted by atomic mass is 9.66. The number of hydrogen-bond donors (Lipinski definition) is 1. The summed E-state index contributed by atoms with van der Waals surface area (Å²) in [5.41, 5.74) is 0.227. The highest BCUT2D eigenvalue weighted by atomic mass is 19.1. The molecular weight excluding hydrogens is 777 g/mol. The fraction of sp³-hybridized carbons (Fsp3) is 0.419. The van der Waals surface area contributed by atoms with E-state index in [2.05, 4.69) is 47.4 Å². The molecule has 0 spiro atoms. The molecule has 2 aliphatic carbocycles. The van der Waals surface area contributed by atoms with Crippen molar-refractivity contribution in [2.75, 3.05) is 36.5 Å². The third kappa shape index (κ3) is 10.1. The monoisotopic (exact) mass is 825 g/mol. The number of amides is 1. The zero-order valence-corrected chi connectivity index (χ0v) is 34.4. The highest BCUT2D eigenvalue weighted by Gasteiger charge is 2.46. The van der Waals surface area contributed by atoms with Crippen LogP contribution in [0.2, 0.25) is 0 Å². The molecule has 0 aliphatic heterocycles. The zero-order chi connectivity index (χ0) is 42.9. The van der Waals surface area contributed by atoms with Crippen LogP contribution < -0.4 is 10.2 Å². The van der Waals surface area contributed by atoms with Gasteiger partial charge in [-0.1, -0.05) is 24.6 Å². The van der Waals surface area contributed by atoms with Gasteiger partial charge in [-0.3, -0.25) is 14.9 Å². The van der Waals surface area contributed by atoms with Crippen LogP contribution in [0.1, 0.15) is 101 Å². The van der Waals surface area contributed by atoms with E-state index in [1.807, 2.05) is 6.92 Å². The van der Waals surface area contributed by atoms with Gasteiger partial charge in [-0.2, -0.15) is 0 Å². The van der Waals surface area contributed by atoms with E-state index in [0.717, 1.165) is 25.7 Å². The molecule has 2 aliphatic rings. The van der Waals surface area contributed by atoms with Gasteiger partial charge in [-0.15, -0.1) is 20.4 Å². The van der Waals surface area contributed by atoms with Crippen molar-refractivity contribution in [3.8, 4) is 11.5 Å². The van der Waals surface area contributed by atoms with Gasteiger partial charge in [-0.25, -0.2) is 18.4 Å². The molecule has 2 saturated carbocycles. The van der Waals surface area contributed by atoms with Crippen LogP contribution in [0.15, 0.2) is 78.1 Å². The number of halogens is 2. The van der Waals surface area contributed by atoms with Crippen molar-refractivity contribution in [3.05, 3.63) is 108 Å². The third-order valence-corrected chi connectivity index (χ3v) is 10.3. The van der Waals surface area contributed by atoms with Crippen molar-refractivity contribution in [1.29, 1.82) is 0 Å². The maximum atomic E-state index is 14.6. The smallest absolute Gasteiger partial charge is 0.416 e. The number of pyridine rings is 2. The predicted molar refractivity (Wildman–Crippen MR) is 218 cm³/mol. The van der Waals surface area contributed by atoms with Crippen LogP contribution >= 0.6 is 0 Å². The first-order valence-corrected chi connectivity index (χ1v) is 19.9. The second kappa shape index (κ2) is 18.7. The van der Waals surface area contributed by atoms with E-state index < -0.39 is 23.1 Å². The van der Waals surface area contributed by atoms with E-state index >= 15 is 0 Å². The normalized spacial score (nSPS) is 14.9. The second-order valence-electron chi connectivity index (χ2n) is 15.6. The summed E-state index contributed by atoms with van der Waals surface area (Å²) in [5.74, 6) is 0.376. The summed E-state index contributed by atoms with van der Waals surface area (Å²) in [4.78, 5) is 34.7. The number of carbonyl (C=O) groups excluding carboxylic acids is 2. The minimum atomic E-state index is -0.699. The van der Waals surface area contributed by atoms with Gasteiger partial charge >= 0.3 is 12.1 Å². The average Bonchev–Trinajstić information content (AvgIpc) is 3.69. The van der Waals surface area contributed by atoms with E-state index in [4.69, 9.17) is 18.7 Å². The van der Waals surface area contributed by atoms with Crippen molar-refractivity contribution >= 4 is 29.5 Å². The van der Waals surface area contributed by atoms with Gasteiger partial charge < -0.3 is 24.1 Å². The molecule has 1 N–H and O–H groups in total. The van der Waals surface area contributed by atoms with E-state index in [0.29, 0.717) is 71.9 Å². The molecule has 0 radical (unpaired) electrons. The molecule has 316 valence electrons. The van der Waals surface area contributed by atoms with E-state index in [1.165, 1.54) is 23.1 Å². The molecule has 0 aromatic carbocycles. The van der Waals surface area contributed by atoms with Gasteiger partial charge in [0.05, 0.1) is 24.6 Å². The SMILES string of the molecule is C=C(OCC)c1ccc(N(CC2(c3ncccc3F)CCC2)C(=O)OC(C)(C)C)nn1.CCOC(=O)c1cc(-c2ccc(NCC3(c4ncccc4F)CCC3)nn2)on1. The molecular formula is C43H49F2N9O6. The maximum Gasteiger partial charge on any atom is 0.416 e. The van der Waals surface area contributed by atoms with Crippen molar-refractivity contribution in [2.45, 2.75) is 89.6 Å². The third-order valence-electron chi connectivity index (χ3n) is 10.3. The standard InChI is InChI=1S/C23H29FN4O3.C20H20FN5O3/c1-6-30-16(2)18-10-11-19(27-26-18)28(21(29)31-22(3,4)5)15-23(12-8-13-23)20-17(24)9-7-14-25-20;1-2-28-19(27)15-11-16(29-26-15)14-6-7-17(25-24-14)23-12-20(8-4-9-20)18-13(21)5-3-10-22-18/h7,9-11,14H,2,6,8,12-13,15H2,1,3-5H3;3,5-7,10-11H,2,4,8-9,12H2,1H3,(H,23,25). The highest BCUT2D eigenvalue weighted by Crippen LogP contribution is 2.45. The molecule has 5 heterocycles. The van der Waals surface area contributed by atoms with E-state index in [1.54, 1.807) is 76.5 Å². The van der Waals surface area contributed by atoms with Gasteiger partial charge in [0.1, 0.15) is 40.2 Å². The fourth-order valence-corrected chi connectivity index (χ4v) is 6.97. The Morgan fingerprint density at radius 1 is 0.833 bits per heavy atom. The lowest BCUT2D eigenvalue weighted by molar-refractivity contribution is 0.0512. The largest absolute Gasteiger partial charge is 0.492 e.